The molecule has 1 N–H and O–H groups in total. The number of benzene rings is 1. The van der Waals surface area contributed by atoms with E-state index < -0.39 is 0 Å². The number of hydrogen-bond donors (Lipinski definition) is 1. The van der Waals surface area contributed by atoms with Crippen LogP contribution in [0.15, 0.2) is 42.6 Å². The normalized spacial score (nSPS) is 10.8. The molecule has 0 spiro atoms. The number of aryl methyl sites for hydroxylation is 4. The first-order valence-corrected chi connectivity index (χ1v) is 9.33. The zero-order valence-corrected chi connectivity index (χ0v) is 16.4. The predicted octanol–water partition coefficient (Wildman–Crippen LogP) is 3.86. The van der Waals surface area contributed by atoms with E-state index in [0.717, 1.165) is 17.0 Å². The average Bonchev–Trinajstić information content (AvgIpc) is 3.05. The van der Waals surface area contributed by atoms with Gasteiger partial charge >= 0.3 is 0 Å². The quantitative estimate of drug-likeness (QED) is 0.724. The molecule has 3 aromatic rings. The lowest BCUT2D eigenvalue weighted by Gasteiger charge is -2.08. The van der Waals surface area contributed by atoms with E-state index in [-0.39, 0.29) is 5.91 Å². The minimum absolute atomic E-state index is 0.103. The minimum Gasteiger partial charge on any atom is -0.350 e. The van der Waals surface area contributed by atoms with Crippen molar-refractivity contribution in [1.82, 2.24) is 20.1 Å². The van der Waals surface area contributed by atoms with Crippen molar-refractivity contribution in [2.24, 2.45) is 0 Å². The molecule has 3 rings (SSSR count). The fraction of sp³-hybridized carbons (Fsp3) is 0.318. The van der Waals surface area contributed by atoms with Crippen LogP contribution in [-0.4, -0.2) is 27.2 Å². The number of pyridine rings is 1. The van der Waals surface area contributed by atoms with Crippen LogP contribution in [-0.2, 0) is 13.0 Å². The van der Waals surface area contributed by atoms with Gasteiger partial charge in [0.1, 0.15) is 5.69 Å². The van der Waals surface area contributed by atoms with Gasteiger partial charge in [-0.05, 0) is 57.0 Å². The summed E-state index contributed by atoms with van der Waals surface area (Å²) in [5.74, 6) is -0.103. The second-order valence-corrected chi connectivity index (χ2v) is 6.83. The van der Waals surface area contributed by atoms with Gasteiger partial charge in [0.2, 0.25) is 0 Å². The molecular formula is C22H26N4O. The van der Waals surface area contributed by atoms with Crippen LogP contribution in [0.1, 0.15) is 39.8 Å². The van der Waals surface area contributed by atoms with Crippen LogP contribution in [0.5, 0.6) is 0 Å². The Morgan fingerprint density at radius 1 is 1.11 bits per heavy atom. The molecule has 1 amide bonds. The number of aromatic nitrogens is 3. The molecule has 5 heteroatoms. The lowest BCUT2D eigenvalue weighted by atomic mass is 9.97. The Bertz CT molecular complexity index is 921. The van der Waals surface area contributed by atoms with Gasteiger partial charge in [-0.1, -0.05) is 23.8 Å². The zero-order valence-electron chi connectivity index (χ0n) is 16.4. The molecule has 0 aliphatic carbocycles. The van der Waals surface area contributed by atoms with E-state index in [1.807, 2.05) is 31.2 Å². The second-order valence-electron chi connectivity index (χ2n) is 6.83. The first-order valence-electron chi connectivity index (χ1n) is 9.33. The molecule has 0 unspecified atom stereocenters. The summed E-state index contributed by atoms with van der Waals surface area (Å²) < 4.78 is 1.77. The Labute approximate surface area is 160 Å². The number of carbonyl (C=O) groups excluding carboxylic acids is 1. The highest BCUT2D eigenvalue weighted by atomic mass is 16.2. The van der Waals surface area contributed by atoms with Crippen molar-refractivity contribution < 1.29 is 4.79 Å². The highest BCUT2D eigenvalue weighted by Gasteiger charge is 2.17. The molecule has 0 radical (unpaired) electrons. The lowest BCUT2D eigenvalue weighted by Crippen LogP contribution is -2.28. The van der Waals surface area contributed by atoms with Gasteiger partial charge in [0.15, 0.2) is 0 Å². The Morgan fingerprint density at radius 2 is 1.85 bits per heavy atom. The summed E-state index contributed by atoms with van der Waals surface area (Å²) in [6.07, 6.45) is 2.47. The van der Waals surface area contributed by atoms with Gasteiger partial charge in [-0.2, -0.15) is 5.10 Å². The smallest absolute Gasteiger partial charge is 0.269 e. The number of nitrogens with zero attached hydrogens (tertiary/aromatic N) is 3. The van der Waals surface area contributed by atoms with Gasteiger partial charge in [0.05, 0.1) is 5.69 Å². The van der Waals surface area contributed by atoms with Crippen LogP contribution in [0.25, 0.3) is 11.3 Å². The van der Waals surface area contributed by atoms with Crippen LogP contribution in [0.4, 0.5) is 0 Å². The molecule has 0 saturated heterocycles. The summed E-state index contributed by atoms with van der Waals surface area (Å²) in [6, 6.07) is 12.0. The molecule has 27 heavy (non-hydrogen) atoms. The molecule has 0 fully saturated rings. The SMILES string of the molecule is CCn1nc(-c2c(C)cc(C)cc2C)cc1C(=O)NCCc1ccccn1. The first-order chi connectivity index (χ1) is 13.0. The van der Waals surface area contributed by atoms with E-state index in [1.54, 1.807) is 10.9 Å². The Morgan fingerprint density at radius 3 is 2.48 bits per heavy atom. The summed E-state index contributed by atoms with van der Waals surface area (Å²) in [4.78, 5) is 17.0. The van der Waals surface area contributed by atoms with Gasteiger partial charge in [-0.25, -0.2) is 0 Å². The number of nitrogens with one attached hydrogen (secondary N) is 1. The predicted molar refractivity (Wildman–Crippen MR) is 108 cm³/mol. The third-order valence-electron chi connectivity index (χ3n) is 4.64. The maximum atomic E-state index is 12.7. The lowest BCUT2D eigenvalue weighted by molar-refractivity contribution is 0.0943. The van der Waals surface area contributed by atoms with Crippen molar-refractivity contribution in [3.8, 4) is 11.3 Å². The van der Waals surface area contributed by atoms with Crippen molar-refractivity contribution in [3.05, 3.63) is 70.7 Å². The zero-order chi connectivity index (χ0) is 19.4. The summed E-state index contributed by atoms with van der Waals surface area (Å²) >= 11 is 0. The molecule has 140 valence electrons. The van der Waals surface area contributed by atoms with Gasteiger partial charge < -0.3 is 5.32 Å². The van der Waals surface area contributed by atoms with Crippen LogP contribution in [0.3, 0.4) is 0 Å². The van der Waals surface area contributed by atoms with Crippen LogP contribution >= 0.6 is 0 Å². The van der Waals surface area contributed by atoms with Crippen molar-refractivity contribution >= 4 is 5.91 Å². The van der Waals surface area contributed by atoms with E-state index in [0.29, 0.717) is 25.2 Å². The van der Waals surface area contributed by atoms with Gasteiger partial charge in [-0.15, -0.1) is 0 Å². The molecule has 0 aliphatic rings. The van der Waals surface area contributed by atoms with Crippen molar-refractivity contribution in [2.45, 2.75) is 40.7 Å². The average molecular weight is 362 g/mol. The van der Waals surface area contributed by atoms with Gasteiger partial charge in [0.25, 0.3) is 5.91 Å². The van der Waals surface area contributed by atoms with Crippen molar-refractivity contribution in [3.63, 3.8) is 0 Å². The molecule has 5 nitrogen and oxygen atoms in total. The van der Waals surface area contributed by atoms with E-state index >= 15 is 0 Å². The van der Waals surface area contributed by atoms with Crippen LogP contribution in [0, 0.1) is 20.8 Å². The number of rotatable bonds is 6. The molecule has 0 aliphatic heterocycles. The Hall–Kier alpha value is -2.95. The molecule has 0 atom stereocenters. The maximum absolute atomic E-state index is 12.7. The van der Waals surface area contributed by atoms with E-state index in [9.17, 15) is 4.79 Å². The fourth-order valence-electron chi connectivity index (χ4n) is 3.49. The molecule has 0 saturated carbocycles. The molecular weight excluding hydrogens is 336 g/mol. The second kappa shape index (κ2) is 8.16. The monoisotopic (exact) mass is 362 g/mol. The van der Waals surface area contributed by atoms with Gasteiger partial charge in [0, 0.05) is 37.0 Å². The Kier molecular flexibility index (Phi) is 5.69. The number of carbonyl (C=O) groups is 1. The van der Waals surface area contributed by atoms with Crippen LogP contribution < -0.4 is 5.32 Å². The van der Waals surface area contributed by atoms with E-state index in [2.05, 4.69) is 48.3 Å². The molecule has 2 heterocycles. The largest absolute Gasteiger partial charge is 0.350 e. The highest BCUT2D eigenvalue weighted by molar-refractivity contribution is 5.94. The number of amides is 1. The third-order valence-corrected chi connectivity index (χ3v) is 4.64. The fourth-order valence-corrected chi connectivity index (χ4v) is 3.49. The summed E-state index contributed by atoms with van der Waals surface area (Å²) in [5.41, 5.74) is 7.10. The van der Waals surface area contributed by atoms with Crippen LogP contribution in [0.2, 0.25) is 0 Å². The third kappa shape index (κ3) is 4.25. The summed E-state index contributed by atoms with van der Waals surface area (Å²) in [5, 5.41) is 7.67. The summed E-state index contributed by atoms with van der Waals surface area (Å²) in [7, 11) is 0. The highest BCUT2D eigenvalue weighted by Crippen LogP contribution is 2.28. The molecule has 1 aromatic carbocycles. The standard InChI is InChI=1S/C22H26N4O/c1-5-26-20(22(27)24-11-9-18-8-6-7-10-23-18)14-19(25-26)21-16(3)12-15(2)13-17(21)4/h6-8,10,12-14H,5,9,11H2,1-4H3,(H,24,27). The molecule has 2 aromatic heterocycles. The molecule has 0 bridgehead atoms. The van der Waals surface area contributed by atoms with E-state index in [4.69, 9.17) is 0 Å². The van der Waals surface area contributed by atoms with E-state index in [1.165, 1.54) is 16.7 Å². The topological polar surface area (TPSA) is 59.8 Å². The Balaban J connectivity index is 1.79. The first kappa shape index (κ1) is 18.8. The minimum atomic E-state index is -0.103. The summed E-state index contributed by atoms with van der Waals surface area (Å²) in [6.45, 7) is 9.46. The van der Waals surface area contributed by atoms with Crippen molar-refractivity contribution in [2.75, 3.05) is 6.54 Å². The number of hydrogen-bond acceptors (Lipinski definition) is 3. The van der Waals surface area contributed by atoms with Crippen molar-refractivity contribution in [1.29, 1.82) is 0 Å². The van der Waals surface area contributed by atoms with Gasteiger partial charge in [-0.3, -0.25) is 14.5 Å². The maximum Gasteiger partial charge on any atom is 0.269 e.